The molecular weight excluding hydrogens is 408 g/mol. The summed E-state index contributed by atoms with van der Waals surface area (Å²) >= 11 is 0. The SMILES string of the molecule is COc1cc(C(=O)N2c3ccccc3CC2(Cc2ncco2)C(=O)O)ccc1C(C)(C)C. The Morgan fingerprint density at radius 3 is 2.59 bits per heavy atom. The Balaban J connectivity index is 1.84. The number of ether oxygens (including phenoxy) is 1. The van der Waals surface area contributed by atoms with Gasteiger partial charge in [-0.05, 0) is 34.7 Å². The number of nitrogens with zero attached hydrogens (tertiary/aromatic N) is 2. The molecule has 2 heterocycles. The van der Waals surface area contributed by atoms with Crippen molar-refractivity contribution in [1.82, 2.24) is 4.98 Å². The highest BCUT2D eigenvalue weighted by molar-refractivity contribution is 6.12. The van der Waals surface area contributed by atoms with Crippen LogP contribution < -0.4 is 9.64 Å². The minimum atomic E-state index is -1.55. The van der Waals surface area contributed by atoms with Gasteiger partial charge in [0.2, 0.25) is 0 Å². The van der Waals surface area contributed by atoms with Crippen molar-refractivity contribution in [3.05, 3.63) is 77.5 Å². The molecule has 4 rings (SSSR count). The van der Waals surface area contributed by atoms with Crippen LogP contribution >= 0.6 is 0 Å². The van der Waals surface area contributed by atoms with E-state index in [-0.39, 0.29) is 24.1 Å². The fourth-order valence-electron chi connectivity index (χ4n) is 4.36. The highest BCUT2D eigenvalue weighted by Crippen LogP contribution is 2.42. The number of carboxylic acids is 1. The van der Waals surface area contributed by atoms with Gasteiger partial charge < -0.3 is 14.3 Å². The molecular formula is C25H26N2O5. The molecule has 0 saturated heterocycles. The summed E-state index contributed by atoms with van der Waals surface area (Å²) in [7, 11) is 1.56. The van der Waals surface area contributed by atoms with Gasteiger partial charge in [0, 0.05) is 17.7 Å². The lowest BCUT2D eigenvalue weighted by molar-refractivity contribution is -0.143. The number of aliphatic carboxylic acids is 1. The van der Waals surface area contributed by atoms with Crippen LogP contribution in [0.15, 0.2) is 59.3 Å². The molecule has 1 N–H and O–H groups in total. The van der Waals surface area contributed by atoms with E-state index in [0.717, 1.165) is 11.1 Å². The standard InChI is InChI=1S/C25H26N2O5/c1-24(2,3)18-10-9-16(13-20(18)31-4)22(28)27-19-8-6-5-7-17(19)14-25(27,23(29)30)15-21-26-11-12-32-21/h5-13H,14-15H2,1-4H3,(H,29,30). The van der Waals surface area contributed by atoms with E-state index in [1.165, 1.54) is 17.4 Å². The van der Waals surface area contributed by atoms with Gasteiger partial charge in [-0.1, -0.05) is 45.0 Å². The normalized spacial score (nSPS) is 17.8. The number of amides is 1. The van der Waals surface area contributed by atoms with E-state index in [2.05, 4.69) is 25.8 Å². The molecule has 0 saturated carbocycles. The maximum Gasteiger partial charge on any atom is 0.330 e. The molecule has 1 unspecified atom stereocenters. The van der Waals surface area contributed by atoms with Crippen LogP contribution in [0.25, 0.3) is 0 Å². The quantitative estimate of drug-likeness (QED) is 0.645. The molecule has 0 bridgehead atoms. The second-order valence-electron chi connectivity index (χ2n) is 9.05. The maximum atomic E-state index is 13.8. The van der Waals surface area contributed by atoms with Crippen molar-refractivity contribution in [1.29, 1.82) is 0 Å². The van der Waals surface area contributed by atoms with E-state index in [4.69, 9.17) is 9.15 Å². The van der Waals surface area contributed by atoms with Crippen LogP contribution in [0.2, 0.25) is 0 Å². The number of benzene rings is 2. The zero-order valence-electron chi connectivity index (χ0n) is 18.6. The minimum absolute atomic E-state index is 0.0486. The number of hydrogen-bond acceptors (Lipinski definition) is 5. The molecule has 1 aromatic heterocycles. The van der Waals surface area contributed by atoms with Crippen molar-refractivity contribution in [2.24, 2.45) is 0 Å². The van der Waals surface area contributed by atoms with E-state index in [9.17, 15) is 14.7 Å². The molecule has 3 aromatic rings. The first kappa shape index (κ1) is 21.6. The Morgan fingerprint density at radius 1 is 1.22 bits per heavy atom. The Kier molecular flexibility index (Phi) is 5.28. The summed E-state index contributed by atoms with van der Waals surface area (Å²) in [6.07, 6.45) is 2.97. The lowest BCUT2D eigenvalue weighted by atomic mass is 9.85. The average Bonchev–Trinajstić information content (AvgIpc) is 3.38. The van der Waals surface area contributed by atoms with Crippen LogP contribution in [-0.4, -0.2) is 34.6 Å². The third-order valence-corrected chi connectivity index (χ3v) is 5.93. The molecule has 0 radical (unpaired) electrons. The minimum Gasteiger partial charge on any atom is -0.496 e. The summed E-state index contributed by atoms with van der Waals surface area (Å²) in [5.41, 5.74) is 0.940. The van der Waals surface area contributed by atoms with Gasteiger partial charge >= 0.3 is 5.97 Å². The molecule has 0 spiro atoms. The summed E-state index contributed by atoms with van der Waals surface area (Å²) in [5.74, 6) is -0.677. The summed E-state index contributed by atoms with van der Waals surface area (Å²) in [6.45, 7) is 6.19. The second kappa shape index (κ2) is 7.82. The third-order valence-electron chi connectivity index (χ3n) is 5.93. The van der Waals surface area contributed by atoms with Gasteiger partial charge in [-0.2, -0.15) is 0 Å². The van der Waals surface area contributed by atoms with E-state index >= 15 is 0 Å². The summed E-state index contributed by atoms with van der Waals surface area (Å²) in [5, 5.41) is 10.4. The Labute approximate surface area is 186 Å². The van der Waals surface area contributed by atoms with Crippen molar-refractivity contribution < 1.29 is 23.8 Å². The van der Waals surface area contributed by atoms with E-state index < -0.39 is 17.4 Å². The number of oxazole rings is 1. The maximum absolute atomic E-state index is 13.8. The van der Waals surface area contributed by atoms with Crippen LogP contribution in [0.1, 0.15) is 48.1 Å². The monoisotopic (exact) mass is 434 g/mol. The van der Waals surface area contributed by atoms with Crippen molar-refractivity contribution in [2.75, 3.05) is 12.0 Å². The van der Waals surface area contributed by atoms with Crippen molar-refractivity contribution in [2.45, 2.75) is 44.6 Å². The first-order valence-electron chi connectivity index (χ1n) is 10.4. The van der Waals surface area contributed by atoms with Gasteiger partial charge in [0.1, 0.15) is 12.0 Å². The van der Waals surface area contributed by atoms with Gasteiger partial charge in [-0.25, -0.2) is 9.78 Å². The number of carbonyl (C=O) groups is 2. The number of methoxy groups -OCH3 is 1. The van der Waals surface area contributed by atoms with Gasteiger partial charge in [-0.15, -0.1) is 0 Å². The molecule has 1 amide bonds. The fraction of sp³-hybridized carbons (Fsp3) is 0.320. The largest absolute Gasteiger partial charge is 0.496 e. The molecule has 1 aliphatic heterocycles. The Hall–Kier alpha value is -3.61. The lowest BCUT2D eigenvalue weighted by Crippen LogP contribution is -2.57. The van der Waals surface area contributed by atoms with Crippen LogP contribution in [0.4, 0.5) is 5.69 Å². The number of hydrogen-bond donors (Lipinski definition) is 1. The number of anilines is 1. The number of carbonyl (C=O) groups excluding carboxylic acids is 1. The predicted molar refractivity (Wildman–Crippen MR) is 119 cm³/mol. The highest BCUT2D eigenvalue weighted by Gasteiger charge is 2.54. The highest BCUT2D eigenvalue weighted by atomic mass is 16.5. The van der Waals surface area contributed by atoms with E-state index in [1.807, 2.05) is 18.2 Å². The first-order chi connectivity index (χ1) is 15.2. The van der Waals surface area contributed by atoms with Crippen molar-refractivity contribution in [3.8, 4) is 5.75 Å². The summed E-state index contributed by atoms with van der Waals surface area (Å²) < 4.78 is 10.9. The number of aromatic nitrogens is 1. The van der Waals surface area contributed by atoms with Gasteiger partial charge in [-0.3, -0.25) is 9.69 Å². The number of fused-ring (bicyclic) bond motifs is 1. The number of para-hydroxylation sites is 1. The molecule has 7 heteroatoms. The topological polar surface area (TPSA) is 92.9 Å². The van der Waals surface area contributed by atoms with Crippen LogP contribution in [0.5, 0.6) is 5.75 Å². The average molecular weight is 434 g/mol. The fourth-order valence-corrected chi connectivity index (χ4v) is 4.36. The van der Waals surface area contributed by atoms with Gasteiger partial charge in [0.25, 0.3) is 5.91 Å². The Morgan fingerprint density at radius 2 is 1.97 bits per heavy atom. The molecule has 2 aromatic carbocycles. The van der Waals surface area contributed by atoms with Gasteiger partial charge in [0.05, 0.1) is 19.7 Å². The number of rotatable bonds is 5. The summed E-state index contributed by atoms with van der Waals surface area (Å²) in [4.78, 5) is 32.0. The molecule has 1 aliphatic rings. The number of carboxylic acid groups (broad SMARTS) is 1. The first-order valence-corrected chi connectivity index (χ1v) is 10.4. The Bertz CT molecular complexity index is 1160. The van der Waals surface area contributed by atoms with Gasteiger partial charge in [0.15, 0.2) is 11.4 Å². The van der Waals surface area contributed by atoms with Crippen molar-refractivity contribution >= 4 is 17.6 Å². The summed E-state index contributed by atoms with van der Waals surface area (Å²) in [6, 6.07) is 12.5. The van der Waals surface area contributed by atoms with Crippen LogP contribution in [0, 0.1) is 0 Å². The molecule has 7 nitrogen and oxygen atoms in total. The molecule has 0 fully saturated rings. The molecule has 0 aliphatic carbocycles. The van der Waals surface area contributed by atoms with E-state index in [1.54, 1.807) is 31.4 Å². The van der Waals surface area contributed by atoms with Crippen molar-refractivity contribution in [3.63, 3.8) is 0 Å². The van der Waals surface area contributed by atoms with Crippen LogP contribution in [-0.2, 0) is 23.1 Å². The molecule has 32 heavy (non-hydrogen) atoms. The zero-order chi connectivity index (χ0) is 23.1. The molecule has 166 valence electrons. The third kappa shape index (κ3) is 3.53. The smallest absolute Gasteiger partial charge is 0.330 e. The predicted octanol–water partition coefficient (Wildman–Crippen LogP) is 4.25. The lowest BCUT2D eigenvalue weighted by Gasteiger charge is -2.34. The van der Waals surface area contributed by atoms with Crippen LogP contribution in [0.3, 0.4) is 0 Å². The molecule has 1 atom stereocenters. The second-order valence-corrected chi connectivity index (χ2v) is 9.05. The zero-order valence-corrected chi connectivity index (χ0v) is 18.6. The van der Waals surface area contributed by atoms with E-state index in [0.29, 0.717) is 17.0 Å².